The van der Waals surface area contributed by atoms with E-state index in [1.165, 1.54) is 0 Å². The van der Waals surface area contributed by atoms with Crippen molar-refractivity contribution in [2.45, 2.75) is 18.9 Å². The quantitative estimate of drug-likeness (QED) is 0.802. The van der Waals surface area contributed by atoms with Gasteiger partial charge in [-0.1, -0.05) is 11.6 Å². The minimum Gasteiger partial charge on any atom is -0.489 e. The average molecular weight is 401 g/mol. The van der Waals surface area contributed by atoms with Crippen molar-refractivity contribution in [1.29, 1.82) is 0 Å². The Morgan fingerprint density at radius 3 is 2.96 bits per heavy atom. The molecule has 1 atom stereocenters. The van der Waals surface area contributed by atoms with Crippen molar-refractivity contribution in [3.8, 4) is 5.75 Å². The first kappa shape index (κ1) is 16.4. The van der Waals surface area contributed by atoms with Crippen LogP contribution in [0.3, 0.4) is 0 Å². The molecule has 5 nitrogen and oxygen atoms in total. The Labute approximate surface area is 147 Å². The highest BCUT2D eigenvalue weighted by molar-refractivity contribution is 9.10. The normalized spacial score (nSPS) is 17.2. The van der Waals surface area contributed by atoms with Crippen molar-refractivity contribution in [3.63, 3.8) is 0 Å². The van der Waals surface area contributed by atoms with E-state index in [4.69, 9.17) is 25.5 Å². The Bertz CT molecular complexity index is 697. The van der Waals surface area contributed by atoms with Crippen LogP contribution in [0.2, 0.25) is 5.02 Å². The van der Waals surface area contributed by atoms with Crippen molar-refractivity contribution in [1.82, 2.24) is 0 Å². The molecule has 0 saturated carbocycles. The molecular weight excluding hydrogens is 386 g/mol. The summed E-state index contributed by atoms with van der Waals surface area (Å²) in [5.41, 5.74) is 0.494. The number of hydrogen-bond acceptors (Lipinski definition) is 4. The van der Waals surface area contributed by atoms with Gasteiger partial charge in [0.25, 0.3) is 5.91 Å². The zero-order chi connectivity index (χ0) is 16.2. The summed E-state index contributed by atoms with van der Waals surface area (Å²) >= 11 is 9.18. The van der Waals surface area contributed by atoms with E-state index in [0.29, 0.717) is 27.7 Å². The number of rotatable bonds is 5. The number of hydrogen-bond donors (Lipinski definition) is 1. The maximum atomic E-state index is 12.2. The van der Waals surface area contributed by atoms with E-state index < -0.39 is 0 Å². The van der Waals surface area contributed by atoms with Crippen LogP contribution in [0.4, 0.5) is 5.69 Å². The Balaban J connectivity index is 1.71. The molecule has 1 aliphatic heterocycles. The zero-order valence-corrected chi connectivity index (χ0v) is 14.5. The number of ether oxygens (including phenoxy) is 2. The minimum absolute atomic E-state index is 0.0928. The van der Waals surface area contributed by atoms with E-state index in [1.54, 1.807) is 30.3 Å². The zero-order valence-electron chi connectivity index (χ0n) is 12.2. The van der Waals surface area contributed by atoms with Crippen LogP contribution in [-0.4, -0.2) is 25.2 Å². The largest absolute Gasteiger partial charge is 0.489 e. The Hall–Kier alpha value is -1.50. The lowest BCUT2D eigenvalue weighted by atomic mass is 10.2. The number of amides is 1. The molecular formula is C16H15BrClNO4. The molecule has 2 aromatic rings. The maximum Gasteiger partial charge on any atom is 0.291 e. The van der Waals surface area contributed by atoms with E-state index in [0.717, 1.165) is 19.4 Å². The Morgan fingerprint density at radius 1 is 1.39 bits per heavy atom. The van der Waals surface area contributed by atoms with Gasteiger partial charge in [0, 0.05) is 11.6 Å². The standard InChI is InChI=1S/C16H15BrClNO4/c17-15-6-5-14(23-15)16(20)19-12-8-10(18)3-4-13(12)22-9-11-2-1-7-21-11/h3-6,8,11H,1-2,7,9H2,(H,19,20)/t11-/m1/s1. The summed E-state index contributed by atoms with van der Waals surface area (Å²) in [7, 11) is 0. The number of carbonyl (C=O) groups is 1. The van der Waals surface area contributed by atoms with Crippen molar-refractivity contribution in [2.24, 2.45) is 0 Å². The topological polar surface area (TPSA) is 60.7 Å². The van der Waals surface area contributed by atoms with E-state index in [9.17, 15) is 4.79 Å². The van der Waals surface area contributed by atoms with Gasteiger partial charge >= 0.3 is 0 Å². The van der Waals surface area contributed by atoms with Crippen LogP contribution in [0.15, 0.2) is 39.4 Å². The number of anilines is 1. The fraction of sp³-hybridized carbons (Fsp3) is 0.312. The van der Waals surface area contributed by atoms with Gasteiger partial charge in [-0.2, -0.15) is 0 Å². The summed E-state index contributed by atoms with van der Waals surface area (Å²) in [6.07, 6.45) is 2.12. The van der Waals surface area contributed by atoms with Crippen LogP contribution < -0.4 is 10.1 Å². The molecule has 1 saturated heterocycles. The van der Waals surface area contributed by atoms with Gasteiger partial charge in [0.2, 0.25) is 0 Å². The molecule has 1 aliphatic rings. The van der Waals surface area contributed by atoms with Crippen LogP contribution in [0.1, 0.15) is 23.4 Å². The number of nitrogens with one attached hydrogen (secondary N) is 1. The summed E-state index contributed by atoms with van der Waals surface area (Å²) in [4.78, 5) is 12.2. The maximum absolute atomic E-state index is 12.2. The molecule has 1 N–H and O–H groups in total. The summed E-state index contributed by atoms with van der Waals surface area (Å²) in [5.74, 6) is 0.366. The van der Waals surface area contributed by atoms with E-state index in [1.807, 2.05) is 0 Å². The predicted octanol–water partition coefficient (Wildman–Crippen LogP) is 4.51. The number of carbonyl (C=O) groups excluding carboxylic acids is 1. The van der Waals surface area contributed by atoms with Gasteiger partial charge in [-0.15, -0.1) is 0 Å². The minimum atomic E-state index is -0.375. The third-order valence-electron chi connectivity index (χ3n) is 3.44. The van der Waals surface area contributed by atoms with Crippen molar-refractivity contribution in [2.75, 3.05) is 18.5 Å². The monoisotopic (exact) mass is 399 g/mol. The van der Waals surface area contributed by atoms with Gasteiger partial charge < -0.3 is 19.2 Å². The highest BCUT2D eigenvalue weighted by Crippen LogP contribution is 2.29. The molecule has 0 bridgehead atoms. The predicted molar refractivity (Wildman–Crippen MR) is 90.3 cm³/mol. The molecule has 0 spiro atoms. The van der Waals surface area contributed by atoms with Crippen molar-refractivity contribution >= 4 is 39.1 Å². The average Bonchev–Trinajstić information content (AvgIpc) is 3.18. The van der Waals surface area contributed by atoms with Crippen LogP contribution >= 0.6 is 27.5 Å². The molecule has 23 heavy (non-hydrogen) atoms. The smallest absolute Gasteiger partial charge is 0.291 e. The van der Waals surface area contributed by atoms with Crippen LogP contribution in [0.5, 0.6) is 5.75 Å². The van der Waals surface area contributed by atoms with Crippen molar-refractivity contribution < 1.29 is 18.7 Å². The highest BCUT2D eigenvalue weighted by Gasteiger charge is 2.18. The molecule has 1 aromatic heterocycles. The third-order valence-corrected chi connectivity index (χ3v) is 4.10. The van der Waals surface area contributed by atoms with E-state index in [2.05, 4.69) is 21.2 Å². The van der Waals surface area contributed by atoms with Crippen LogP contribution in [-0.2, 0) is 4.74 Å². The Morgan fingerprint density at radius 2 is 2.26 bits per heavy atom. The first-order valence-corrected chi connectivity index (χ1v) is 8.39. The Kier molecular flexibility index (Phi) is 5.25. The number of furan rings is 1. The fourth-order valence-electron chi connectivity index (χ4n) is 2.30. The van der Waals surface area contributed by atoms with Crippen molar-refractivity contribution in [3.05, 3.63) is 45.8 Å². The highest BCUT2D eigenvalue weighted by atomic mass is 79.9. The second-order valence-electron chi connectivity index (χ2n) is 5.14. The lowest BCUT2D eigenvalue weighted by Crippen LogP contribution is -2.18. The number of benzene rings is 1. The van der Waals surface area contributed by atoms with Gasteiger partial charge in [-0.05, 0) is 59.1 Å². The second kappa shape index (κ2) is 7.38. The first-order chi connectivity index (χ1) is 11.1. The molecule has 1 fully saturated rings. The van der Waals surface area contributed by atoms with Gasteiger partial charge in [-0.3, -0.25) is 4.79 Å². The number of halogens is 2. The van der Waals surface area contributed by atoms with Gasteiger partial charge in [-0.25, -0.2) is 0 Å². The molecule has 1 aromatic carbocycles. The third kappa shape index (κ3) is 4.28. The molecule has 122 valence electrons. The van der Waals surface area contributed by atoms with Crippen LogP contribution in [0, 0.1) is 0 Å². The van der Waals surface area contributed by atoms with Crippen LogP contribution in [0.25, 0.3) is 0 Å². The lowest BCUT2D eigenvalue weighted by molar-refractivity contribution is 0.0682. The summed E-state index contributed by atoms with van der Waals surface area (Å²) in [6.45, 7) is 1.21. The summed E-state index contributed by atoms with van der Waals surface area (Å²) in [5, 5.41) is 3.26. The molecule has 7 heteroatoms. The molecule has 0 unspecified atom stereocenters. The fourth-order valence-corrected chi connectivity index (χ4v) is 2.78. The van der Waals surface area contributed by atoms with Gasteiger partial charge in [0.15, 0.2) is 10.4 Å². The van der Waals surface area contributed by atoms with Gasteiger partial charge in [0.05, 0.1) is 11.8 Å². The summed E-state index contributed by atoms with van der Waals surface area (Å²) < 4.78 is 17.0. The molecule has 0 aliphatic carbocycles. The molecule has 3 rings (SSSR count). The van der Waals surface area contributed by atoms with Gasteiger partial charge in [0.1, 0.15) is 12.4 Å². The van der Waals surface area contributed by atoms with E-state index >= 15 is 0 Å². The van der Waals surface area contributed by atoms with E-state index in [-0.39, 0.29) is 17.8 Å². The lowest BCUT2D eigenvalue weighted by Gasteiger charge is -2.15. The molecule has 2 heterocycles. The summed E-state index contributed by atoms with van der Waals surface area (Å²) in [6, 6.07) is 8.32. The second-order valence-corrected chi connectivity index (χ2v) is 6.36. The SMILES string of the molecule is O=C(Nc1cc(Cl)ccc1OC[C@H]1CCCO1)c1ccc(Br)o1. The molecule has 0 radical (unpaired) electrons. The molecule has 1 amide bonds. The first-order valence-electron chi connectivity index (χ1n) is 7.22.